The van der Waals surface area contributed by atoms with Gasteiger partial charge in [0.1, 0.15) is 23.1 Å². The third-order valence-electron chi connectivity index (χ3n) is 7.95. The summed E-state index contributed by atoms with van der Waals surface area (Å²) in [5, 5.41) is 4.09. The van der Waals surface area contributed by atoms with Gasteiger partial charge in [-0.05, 0) is 87.2 Å². The molecular formula is C24H27F2NO2. The molecule has 4 aliphatic carbocycles. The third-order valence-corrected chi connectivity index (χ3v) is 7.95. The summed E-state index contributed by atoms with van der Waals surface area (Å²) in [5.41, 5.74) is 0.921. The molecule has 4 fully saturated rings. The molecule has 0 saturated heterocycles. The monoisotopic (exact) mass is 399 g/mol. The largest absolute Gasteiger partial charge is 0.373 e. The summed E-state index contributed by atoms with van der Waals surface area (Å²) in [7, 11) is 0. The Morgan fingerprint density at radius 2 is 1.76 bits per heavy atom. The quantitative estimate of drug-likeness (QED) is 0.598. The highest BCUT2D eigenvalue weighted by Gasteiger charge is 2.49. The van der Waals surface area contributed by atoms with Crippen LogP contribution in [0.5, 0.6) is 0 Å². The zero-order valence-corrected chi connectivity index (χ0v) is 16.6. The highest BCUT2D eigenvalue weighted by molar-refractivity contribution is 5.65. The van der Waals surface area contributed by atoms with Crippen LogP contribution in [0.15, 0.2) is 22.7 Å². The predicted octanol–water partition coefficient (Wildman–Crippen LogP) is 6.23. The van der Waals surface area contributed by atoms with E-state index < -0.39 is 11.6 Å². The Kier molecular flexibility index (Phi) is 4.30. The topological polar surface area (TPSA) is 35.3 Å². The summed E-state index contributed by atoms with van der Waals surface area (Å²) in [5.74, 6) is 3.44. The van der Waals surface area contributed by atoms with Crippen molar-refractivity contribution >= 4 is 0 Å². The van der Waals surface area contributed by atoms with Gasteiger partial charge < -0.3 is 9.26 Å². The van der Waals surface area contributed by atoms with Crippen LogP contribution in [0.2, 0.25) is 0 Å². The van der Waals surface area contributed by atoms with E-state index in [0.717, 1.165) is 60.7 Å². The predicted molar refractivity (Wildman–Crippen MR) is 104 cm³/mol. The summed E-state index contributed by atoms with van der Waals surface area (Å²) < 4.78 is 40.8. The van der Waals surface area contributed by atoms with Gasteiger partial charge in [0, 0.05) is 11.5 Å². The molecule has 4 saturated carbocycles. The maximum absolute atomic E-state index is 14.4. The van der Waals surface area contributed by atoms with Crippen LogP contribution < -0.4 is 0 Å². The number of hydrogen-bond donors (Lipinski definition) is 0. The van der Waals surface area contributed by atoms with E-state index in [1.807, 2.05) is 0 Å². The van der Waals surface area contributed by atoms with Crippen molar-refractivity contribution in [2.75, 3.05) is 0 Å². The lowest BCUT2D eigenvalue weighted by molar-refractivity contribution is -0.0208. The number of aromatic nitrogens is 1. The molecule has 2 unspecified atom stereocenters. The van der Waals surface area contributed by atoms with Gasteiger partial charge in [-0.2, -0.15) is 0 Å². The Morgan fingerprint density at radius 3 is 2.55 bits per heavy atom. The molecule has 0 aliphatic heterocycles. The number of ether oxygens (including phenoxy) is 1. The Hall–Kier alpha value is -1.75. The van der Waals surface area contributed by atoms with Crippen molar-refractivity contribution in [1.82, 2.24) is 5.16 Å². The van der Waals surface area contributed by atoms with Gasteiger partial charge in [0.15, 0.2) is 0 Å². The molecule has 2 aromatic rings. The van der Waals surface area contributed by atoms with Crippen molar-refractivity contribution < 1.29 is 18.0 Å². The number of hydrogen-bond acceptors (Lipinski definition) is 3. The molecule has 29 heavy (non-hydrogen) atoms. The van der Waals surface area contributed by atoms with Crippen molar-refractivity contribution in [3.63, 3.8) is 0 Å². The van der Waals surface area contributed by atoms with E-state index >= 15 is 0 Å². The Balaban J connectivity index is 1.25. The highest BCUT2D eigenvalue weighted by Crippen LogP contribution is 2.57. The number of halogens is 2. The van der Waals surface area contributed by atoms with E-state index in [4.69, 9.17) is 9.26 Å². The molecule has 0 radical (unpaired) electrons. The fourth-order valence-electron chi connectivity index (χ4n) is 6.28. The first-order valence-electron chi connectivity index (χ1n) is 11.2. The molecule has 154 valence electrons. The zero-order valence-electron chi connectivity index (χ0n) is 16.6. The fourth-order valence-corrected chi connectivity index (χ4v) is 6.28. The summed E-state index contributed by atoms with van der Waals surface area (Å²) in [4.78, 5) is 0. The first kappa shape index (κ1) is 18.1. The highest BCUT2D eigenvalue weighted by atomic mass is 19.1. The van der Waals surface area contributed by atoms with Crippen LogP contribution in [-0.2, 0) is 11.3 Å². The first-order chi connectivity index (χ1) is 14.2. The van der Waals surface area contributed by atoms with Crippen molar-refractivity contribution in [2.24, 2.45) is 23.7 Å². The van der Waals surface area contributed by atoms with Crippen LogP contribution in [0.4, 0.5) is 8.78 Å². The smallest absolute Gasteiger partial charge is 0.145 e. The first-order valence-corrected chi connectivity index (χ1v) is 11.2. The third kappa shape index (κ3) is 3.13. The number of nitrogens with zero attached hydrogens (tertiary/aromatic N) is 1. The van der Waals surface area contributed by atoms with E-state index in [9.17, 15) is 8.78 Å². The van der Waals surface area contributed by atoms with Gasteiger partial charge in [0.05, 0.1) is 18.3 Å². The Bertz CT molecular complexity index is 901. The zero-order chi connectivity index (χ0) is 19.5. The molecule has 6 rings (SSSR count). The SMILES string of the molecule is Fc1cccc(F)c1-c1noc(C2CC2)c1CO[C@H]1CC[C@@H]2CC3C[C@@H](C1)C3C2. The van der Waals surface area contributed by atoms with E-state index in [2.05, 4.69) is 5.16 Å². The van der Waals surface area contributed by atoms with Crippen LogP contribution in [0.25, 0.3) is 11.3 Å². The van der Waals surface area contributed by atoms with Gasteiger partial charge in [-0.1, -0.05) is 11.2 Å². The molecule has 3 nitrogen and oxygen atoms in total. The van der Waals surface area contributed by atoms with E-state index in [0.29, 0.717) is 12.5 Å². The van der Waals surface area contributed by atoms with E-state index in [-0.39, 0.29) is 17.4 Å². The molecule has 4 aliphatic rings. The van der Waals surface area contributed by atoms with Crippen LogP contribution >= 0.6 is 0 Å². The number of fused-ring (bicyclic) bond motifs is 1. The lowest BCUT2D eigenvalue weighted by Crippen LogP contribution is -2.36. The summed E-state index contributed by atoms with van der Waals surface area (Å²) in [6.07, 6.45) is 9.98. The molecule has 2 bridgehead atoms. The number of benzene rings is 1. The molecule has 0 N–H and O–H groups in total. The second-order valence-corrected chi connectivity index (χ2v) is 9.75. The van der Waals surface area contributed by atoms with Gasteiger partial charge in [0.2, 0.25) is 0 Å². The molecule has 0 spiro atoms. The van der Waals surface area contributed by atoms with Gasteiger partial charge in [-0.25, -0.2) is 8.78 Å². The van der Waals surface area contributed by atoms with Crippen molar-refractivity contribution in [3.05, 3.63) is 41.2 Å². The minimum absolute atomic E-state index is 0.0979. The molecule has 0 amide bonds. The Labute approximate surface area is 169 Å². The van der Waals surface area contributed by atoms with Crippen molar-refractivity contribution in [3.8, 4) is 11.3 Å². The van der Waals surface area contributed by atoms with E-state index in [1.54, 1.807) is 0 Å². The summed E-state index contributed by atoms with van der Waals surface area (Å²) >= 11 is 0. The minimum Gasteiger partial charge on any atom is -0.373 e. The molecule has 1 aromatic carbocycles. The lowest BCUT2D eigenvalue weighted by atomic mass is 9.64. The minimum atomic E-state index is -0.607. The van der Waals surface area contributed by atoms with Crippen LogP contribution in [-0.4, -0.2) is 11.3 Å². The van der Waals surface area contributed by atoms with Gasteiger partial charge in [-0.3, -0.25) is 0 Å². The standard InChI is InChI=1S/C24H27F2NO2/c25-20-2-1-3-21(26)22(20)23-19(24(29-27-23)14-5-6-14)12-28-17-7-4-13-8-15-10-16(11-17)18(15)9-13/h1-3,13-18H,4-12H2/t13-,15?,16+,17+,18?/m1/s1. The van der Waals surface area contributed by atoms with Crippen molar-refractivity contribution in [2.45, 2.75) is 70.0 Å². The van der Waals surface area contributed by atoms with Gasteiger partial charge >= 0.3 is 0 Å². The molecular weight excluding hydrogens is 372 g/mol. The molecule has 1 heterocycles. The lowest BCUT2D eigenvalue weighted by Gasteiger charge is -2.42. The molecule has 1 aromatic heterocycles. The Morgan fingerprint density at radius 1 is 0.966 bits per heavy atom. The maximum Gasteiger partial charge on any atom is 0.145 e. The maximum atomic E-state index is 14.4. The second kappa shape index (κ2) is 6.90. The van der Waals surface area contributed by atoms with Crippen molar-refractivity contribution in [1.29, 1.82) is 0 Å². The van der Waals surface area contributed by atoms with Crippen LogP contribution in [0, 0.1) is 35.3 Å². The normalized spacial score (nSPS) is 33.2. The fraction of sp³-hybridized carbons (Fsp3) is 0.625. The second-order valence-electron chi connectivity index (χ2n) is 9.75. The average molecular weight is 399 g/mol. The van der Waals surface area contributed by atoms with Crippen LogP contribution in [0.3, 0.4) is 0 Å². The average Bonchev–Trinajstić information content (AvgIpc) is 3.33. The number of rotatable bonds is 5. The van der Waals surface area contributed by atoms with E-state index in [1.165, 1.54) is 43.9 Å². The van der Waals surface area contributed by atoms with Gasteiger partial charge in [-0.15, -0.1) is 0 Å². The summed E-state index contributed by atoms with van der Waals surface area (Å²) in [6.45, 7) is 0.328. The van der Waals surface area contributed by atoms with Crippen LogP contribution in [0.1, 0.15) is 68.6 Å². The molecule has 5 heteroatoms. The molecule has 5 atom stereocenters. The summed E-state index contributed by atoms with van der Waals surface area (Å²) in [6, 6.07) is 3.92. The van der Waals surface area contributed by atoms with Gasteiger partial charge in [0.25, 0.3) is 0 Å².